The molecule has 0 bridgehead atoms. The molecule has 0 saturated heterocycles. The molecule has 0 radical (unpaired) electrons. The molecule has 2 aromatic rings. The summed E-state index contributed by atoms with van der Waals surface area (Å²) in [6.07, 6.45) is 0.329. The van der Waals surface area contributed by atoms with Gasteiger partial charge in [0.2, 0.25) is 5.91 Å². The highest BCUT2D eigenvalue weighted by Crippen LogP contribution is 2.23. The van der Waals surface area contributed by atoms with E-state index in [0.29, 0.717) is 31.1 Å². The first-order chi connectivity index (χ1) is 10.9. The van der Waals surface area contributed by atoms with E-state index in [2.05, 4.69) is 9.88 Å². The zero-order valence-electron chi connectivity index (χ0n) is 12.5. The van der Waals surface area contributed by atoms with E-state index in [0.717, 1.165) is 11.1 Å². The first-order valence-electron chi connectivity index (χ1n) is 7.11. The third-order valence-corrected chi connectivity index (χ3v) is 4.91. The number of nitrogens with zero attached hydrogens (tertiary/aromatic N) is 1. The Balaban J connectivity index is 1.64. The van der Waals surface area contributed by atoms with Crippen molar-refractivity contribution in [1.82, 2.24) is 9.88 Å². The van der Waals surface area contributed by atoms with Crippen LogP contribution in [0.2, 0.25) is 0 Å². The van der Waals surface area contributed by atoms with Crippen molar-refractivity contribution in [1.29, 1.82) is 0 Å². The standard InChI is InChI=1S/C15H16N2O5S/c1-10-6-13(16-22-10)3-5-15(18)17-23(19,20)14-4-2-11-8-21-9-12(11)7-14/h2,4,6-7H,3,5,8-9H2,1H3,(H,17,18). The summed E-state index contributed by atoms with van der Waals surface area (Å²) in [5.41, 5.74) is 2.42. The van der Waals surface area contributed by atoms with E-state index in [9.17, 15) is 13.2 Å². The number of benzene rings is 1. The molecule has 0 fully saturated rings. The Hall–Kier alpha value is -2.19. The number of carbonyl (C=O) groups excluding carboxylic acids is 1. The fraction of sp³-hybridized carbons (Fsp3) is 0.333. The van der Waals surface area contributed by atoms with E-state index in [1.165, 1.54) is 6.07 Å². The number of sulfonamides is 1. The largest absolute Gasteiger partial charge is 0.372 e. The molecule has 23 heavy (non-hydrogen) atoms. The number of aromatic nitrogens is 1. The topological polar surface area (TPSA) is 98.5 Å². The van der Waals surface area contributed by atoms with Gasteiger partial charge in [-0.05, 0) is 30.2 Å². The number of aryl methyl sites for hydroxylation is 2. The molecule has 0 atom stereocenters. The van der Waals surface area contributed by atoms with Crippen molar-refractivity contribution in [2.45, 2.75) is 37.9 Å². The van der Waals surface area contributed by atoms with Crippen LogP contribution in [0.3, 0.4) is 0 Å². The Bertz CT molecular complexity index is 841. The van der Waals surface area contributed by atoms with Gasteiger partial charge in [0.1, 0.15) is 5.76 Å². The lowest BCUT2D eigenvalue weighted by atomic mass is 10.1. The number of fused-ring (bicyclic) bond motifs is 1. The van der Waals surface area contributed by atoms with Crippen LogP contribution in [-0.4, -0.2) is 19.5 Å². The molecule has 1 aliphatic heterocycles. The molecule has 0 spiro atoms. The molecule has 0 aliphatic carbocycles. The maximum atomic E-state index is 12.3. The third-order valence-electron chi connectivity index (χ3n) is 3.54. The molecule has 0 unspecified atom stereocenters. The van der Waals surface area contributed by atoms with Gasteiger partial charge in [-0.25, -0.2) is 13.1 Å². The molecular formula is C15H16N2O5S. The molecule has 8 heteroatoms. The highest BCUT2D eigenvalue weighted by Gasteiger charge is 2.21. The first-order valence-corrected chi connectivity index (χ1v) is 8.60. The Morgan fingerprint density at radius 3 is 2.78 bits per heavy atom. The summed E-state index contributed by atoms with van der Waals surface area (Å²) in [5, 5.41) is 3.76. The van der Waals surface area contributed by atoms with Gasteiger partial charge in [-0.15, -0.1) is 0 Å². The minimum atomic E-state index is -3.88. The summed E-state index contributed by atoms with van der Waals surface area (Å²) >= 11 is 0. The molecule has 0 saturated carbocycles. The quantitative estimate of drug-likeness (QED) is 0.887. The van der Waals surface area contributed by atoms with Gasteiger partial charge >= 0.3 is 0 Å². The second-order valence-electron chi connectivity index (χ2n) is 5.38. The van der Waals surface area contributed by atoms with Gasteiger partial charge < -0.3 is 9.26 Å². The summed E-state index contributed by atoms with van der Waals surface area (Å²) in [4.78, 5) is 11.9. The van der Waals surface area contributed by atoms with Crippen molar-refractivity contribution in [3.63, 3.8) is 0 Å². The van der Waals surface area contributed by atoms with E-state index in [-0.39, 0.29) is 11.3 Å². The minimum Gasteiger partial charge on any atom is -0.372 e. The summed E-state index contributed by atoms with van der Waals surface area (Å²) in [6, 6.07) is 6.44. The van der Waals surface area contributed by atoms with E-state index in [1.807, 2.05) is 0 Å². The van der Waals surface area contributed by atoms with Crippen LogP contribution in [0.4, 0.5) is 0 Å². The molecule has 1 aliphatic rings. The Morgan fingerprint density at radius 1 is 1.26 bits per heavy atom. The predicted octanol–water partition coefficient (Wildman–Crippen LogP) is 1.45. The van der Waals surface area contributed by atoms with Crippen LogP contribution in [0.1, 0.15) is 29.0 Å². The first kappa shape index (κ1) is 15.7. The van der Waals surface area contributed by atoms with Crippen molar-refractivity contribution >= 4 is 15.9 Å². The summed E-state index contributed by atoms with van der Waals surface area (Å²) in [6.45, 7) is 2.62. The average Bonchev–Trinajstić information content (AvgIpc) is 3.12. The van der Waals surface area contributed by atoms with Crippen LogP contribution in [0.5, 0.6) is 0 Å². The van der Waals surface area contributed by atoms with Gasteiger partial charge in [-0.1, -0.05) is 11.2 Å². The predicted molar refractivity (Wildman–Crippen MR) is 79.8 cm³/mol. The number of rotatable bonds is 5. The van der Waals surface area contributed by atoms with Gasteiger partial charge in [0, 0.05) is 18.9 Å². The number of hydrogen-bond acceptors (Lipinski definition) is 6. The Labute approximate surface area is 133 Å². The van der Waals surface area contributed by atoms with Crippen molar-refractivity contribution in [2.24, 2.45) is 0 Å². The van der Waals surface area contributed by atoms with Crippen molar-refractivity contribution in [3.8, 4) is 0 Å². The van der Waals surface area contributed by atoms with Gasteiger partial charge in [-0.2, -0.15) is 0 Å². The molecular weight excluding hydrogens is 320 g/mol. The number of nitrogens with one attached hydrogen (secondary N) is 1. The zero-order valence-corrected chi connectivity index (χ0v) is 13.4. The summed E-state index contributed by atoms with van der Waals surface area (Å²) < 4.78 is 36.7. The van der Waals surface area contributed by atoms with Gasteiger partial charge in [0.05, 0.1) is 23.8 Å². The third kappa shape index (κ3) is 3.59. The monoisotopic (exact) mass is 336 g/mol. The van der Waals surface area contributed by atoms with Gasteiger partial charge in [0.25, 0.3) is 10.0 Å². The van der Waals surface area contributed by atoms with Crippen molar-refractivity contribution < 1.29 is 22.5 Å². The number of hydrogen-bond donors (Lipinski definition) is 1. The number of amides is 1. The lowest BCUT2D eigenvalue weighted by molar-refractivity contribution is -0.119. The zero-order chi connectivity index (χ0) is 16.4. The Morgan fingerprint density at radius 2 is 2.04 bits per heavy atom. The summed E-state index contributed by atoms with van der Waals surface area (Å²) in [7, 11) is -3.88. The second kappa shape index (κ2) is 6.13. The van der Waals surface area contributed by atoms with Crippen LogP contribution in [0.15, 0.2) is 33.7 Å². The molecule has 7 nitrogen and oxygen atoms in total. The maximum Gasteiger partial charge on any atom is 0.264 e. The van der Waals surface area contributed by atoms with Crippen LogP contribution >= 0.6 is 0 Å². The van der Waals surface area contributed by atoms with Crippen LogP contribution in [0, 0.1) is 6.92 Å². The van der Waals surface area contributed by atoms with E-state index < -0.39 is 15.9 Å². The summed E-state index contributed by atoms with van der Waals surface area (Å²) in [5.74, 6) is 0.0655. The fourth-order valence-corrected chi connectivity index (χ4v) is 3.42. The molecule has 1 amide bonds. The normalized spacial score (nSPS) is 13.8. The Kier molecular flexibility index (Phi) is 4.18. The highest BCUT2D eigenvalue weighted by molar-refractivity contribution is 7.90. The van der Waals surface area contributed by atoms with E-state index >= 15 is 0 Å². The molecule has 2 heterocycles. The van der Waals surface area contributed by atoms with E-state index in [4.69, 9.17) is 9.26 Å². The lowest BCUT2D eigenvalue weighted by Crippen LogP contribution is -2.30. The van der Waals surface area contributed by atoms with Crippen molar-refractivity contribution in [3.05, 3.63) is 46.8 Å². The maximum absolute atomic E-state index is 12.3. The molecule has 1 aromatic carbocycles. The molecule has 122 valence electrons. The van der Waals surface area contributed by atoms with Crippen LogP contribution in [-0.2, 0) is 39.2 Å². The molecule has 1 N–H and O–H groups in total. The molecule has 1 aromatic heterocycles. The number of carbonyl (C=O) groups is 1. The number of ether oxygens (including phenoxy) is 1. The van der Waals surface area contributed by atoms with Gasteiger partial charge in [0.15, 0.2) is 0 Å². The lowest BCUT2D eigenvalue weighted by Gasteiger charge is -2.07. The SMILES string of the molecule is Cc1cc(CCC(=O)NS(=O)(=O)c2ccc3c(c2)COC3)no1. The second-order valence-corrected chi connectivity index (χ2v) is 7.06. The fourth-order valence-electron chi connectivity index (χ4n) is 2.35. The van der Waals surface area contributed by atoms with Crippen LogP contribution < -0.4 is 4.72 Å². The van der Waals surface area contributed by atoms with E-state index in [1.54, 1.807) is 25.1 Å². The highest BCUT2D eigenvalue weighted by atomic mass is 32.2. The smallest absolute Gasteiger partial charge is 0.264 e. The molecule has 3 rings (SSSR count). The van der Waals surface area contributed by atoms with Crippen molar-refractivity contribution in [2.75, 3.05) is 0 Å². The minimum absolute atomic E-state index is 0.0131. The average molecular weight is 336 g/mol. The van der Waals surface area contributed by atoms with Gasteiger partial charge in [-0.3, -0.25) is 4.79 Å². The van der Waals surface area contributed by atoms with Crippen LogP contribution in [0.25, 0.3) is 0 Å².